The molecule has 1 saturated heterocycles. The molecule has 0 N–H and O–H groups in total. The van der Waals surface area contributed by atoms with Crippen LogP contribution in [-0.2, 0) is 20.8 Å². The molecule has 2 aromatic rings. The Hall–Kier alpha value is -2.57. The van der Waals surface area contributed by atoms with Crippen LogP contribution in [0.1, 0.15) is 28.8 Å². The van der Waals surface area contributed by atoms with Gasteiger partial charge in [0.05, 0.1) is 13.0 Å². The van der Waals surface area contributed by atoms with Gasteiger partial charge in [-0.15, -0.1) is 0 Å². The first-order valence-electron chi connectivity index (χ1n) is 9.42. The molecule has 28 heavy (non-hydrogen) atoms. The number of Topliss-reactive ketones (excluding diaryl/α,β-unsaturated/α-hetero) is 1. The molecule has 3 rings (SSSR count). The van der Waals surface area contributed by atoms with Crippen LogP contribution < -0.4 is 0 Å². The highest BCUT2D eigenvalue weighted by Gasteiger charge is 2.22. The molecule has 0 aromatic heterocycles. The summed E-state index contributed by atoms with van der Waals surface area (Å²) in [5.74, 6) is -1.04. The van der Waals surface area contributed by atoms with Gasteiger partial charge >= 0.3 is 5.97 Å². The maximum atomic E-state index is 12.9. The van der Waals surface area contributed by atoms with Crippen LogP contribution in [0.25, 0.3) is 0 Å². The van der Waals surface area contributed by atoms with Crippen molar-refractivity contribution in [1.82, 2.24) is 4.90 Å². The number of carbonyl (C=O) groups is 2. The van der Waals surface area contributed by atoms with E-state index in [4.69, 9.17) is 9.47 Å². The number of halogens is 1. The van der Waals surface area contributed by atoms with E-state index in [1.165, 1.54) is 29.8 Å². The average molecular weight is 385 g/mol. The Labute approximate surface area is 164 Å². The van der Waals surface area contributed by atoms with Gasteiger partial charge in [0.1, 0.15) is 18.5 Å². The molecule has 1 unspecified atom stereocenters. The fraction of sp³-hybridized carbons (Fsp3) is 0.364. The van der Waals surface area contributed by atoms with Crippen LogP contribution in [0.4, 0.5) is 4.39 Å². The van der Waals surface area contributed by atoms with Crippen molar-refractivity contribution in [1.29, 1.82) is 0 Å². The molecular formula is C22H24FNO4. The molecule has 0 saturated carbocycles. The van der Waals surface area contributed by atoms with Crippen molar-refractivity contribution in [2.24, 2.45) is 0 Å². The monoisotopic (exact) mass is 385 g/mol. The quantitative estimate of drug-likeness (QED) is 0.516. The molecule has 2 aromatic carbocycles. The van der Waals surface area contributed by atoms with Gasteiger partial charge < -0.3 is 9.47 Å². The highest BCUT2D eigenvalue weighted by atomic mass is 19.1. The van der Waals surface area contributed by atoms with E-state index in [1.54, 1.807) is 0 Å². The third-order valence-corrected chi connectivity index (χ3v) is 4.62. The maximum absolute atomic E-state index is 12.9. The first-order valence-corrected chi connectivity index (χ1v) is 9.42. The van der Waals surface area contributed by atoms with Crippen molar-refractivity contribution >= 4 is 11.8 Å². The van der Waals surface area contributed by atoms with Crippen LogP contribution in [0.5, 0.6) is 0 Å². The highest BCUT2D eigenvalue weighted by Crippen LogP contribution is 2.12. The van der Waals surface area contributed by atoms with Crippen molar-refractivity contribution < 1.29 is 23.5 Å². The summed E-state index contributed by atoms with van der Waals surface area (Å²) in [6.07, 6.45) is -0.138. The molecule has 0 amide bonds. The molecule has 5 nitrogen and oxygen atoms in total. The lowest BCUT2D eigenvalue weighted by atomic mass is 10.1. The molecule has 1 heterocycles. The van der Waals surface area contributed by atoms with Gasteiger partial charge in [-0.05, 0) is 29.8 Å². The van der Waals surface area contributed by atoms with E-state index in [0.717, 1.165) is 13.1 Å². The lowest BCUT2D eigenvalue weighted by Crippen LogP contribution is -2.44. The van der Waals surface area contributed by atoms with E-state index < -0.39 is 11.8 Å². The molecule has 1 fully saturated rings. The van der Waals surface area contributed by atoms with Crippen LogP contribution in [0.2, 0.25) is 0 Å². The predicted molar refractivity (Wildman–Crippen MR) is 102 cm³/mol. The molecule has 0 bridgehead atoms. The Morgan fingerprint density at radius 3 is 2.57 bits per heavy atom. The molecule has 148 valence electrons. The lowest BCUT2D eigenvalue weighted by Gasteiger charge is -2.32. The molecule has 0 aliphatic carbocycles. The predicted octanol–water partition coefficient (Wildman–Crippen LogP) is 3.23. The standard InChI is InChI=1S/C22H24FNO4/c23-19-8-6-18(7-9-19)21(25)10-11-22(26)28-16-20-15-24(12-13-27-20)14-17-4-2-1-3-5-17/h1-9,20H,10-16H2. The minimum absolute atomic E-state index is 0.00331. The van der Waals surface area contributed by atoms with Crippen molar-refractivity contribution in [3.63, 3.8) is 0 Å². The smallest absolute Gasteiger partial charge is 0.306 e. The van der Waals surface area contributed by atoms with Crippen LogP contribution in [-0.4, -0.2) is 49.1 Å². The minimum Gasteiger partial charge on any atom is -0.463 e. The number of morpholine rings is 1. The normalized spacial score (nSPS) is 17.2. The summed E-state index contributed by atoms with van der Waals surface area (Å²) in [6.45, 7) is 3.13. The van der Waals surface area contributed by atoms with Gasteiger partial charge in [0.15, 0.2) is 5.78 Å². The van der Waals surface area contributed by atoms with E-state index in [2.05, 4.69) is 17.0 Å². The Kier molecular flexibility index (Phi) is 7.28. The molecule has 1 aliphatic heterocycles. The van der Waals surface area contributed by atoms with E-state index in [-0.39, 0.29) is 31.3 Å². The molecule has 6 heteroatoms. The molecule has 1 aliphatic rings. The van der Waals surface area contributed by atoms with Crippen LogP contribution in [0.3, 0.4) is 0 Å². The minimum atomic E-state index is -0.431. The van der Waals surface area contributed by atoms with Gasteiger partial charge in [-0.1, -0.05) is 30.3 Å². The molecular weight excluding hydrogens is 361 g/mol. The van der Waals surface area contributed by atoms with E-state index >= 15 is 0 Å². The zero-order valence-electron chi connectivity index (χ0n) is 15.7. The van der Waals surface area contributed by atoms with Crippen molar-refractivity contribution in [3.8, 4) is 0 Å². The van der Waals surface area contributed by atoms with Crippen LogP contribution in [0, 0.1) is 5.82 Å². The summed E-state index contributed by atoms with van der Waals surface area (Å²) in [7, 11) is 0. The number of hydrogen-bond donors (Lipinski definition) is 0. The summed E-state index contributed by atoms with van der Waals surface area (Å²) in [5.41, 5.74) is 1.63. The number of ketones is 1. The summed E-state index contributed by atoms with van der Waals surface area (Å²) in [6, 6.07) is 15.5. The van der Waals surface area contributed by atoms with Crippen molar-refractivity contribution in [2.45, 2.75) is 25.5 Å². The Morgan fingerprint density at radius 2 is 1.82 bits per heavy atom. The van der Waals surface area contributed by atoms with Crippen LogP contribution in [0.15, 0.2) is 54.6 Å². The Balaban J connectivity index is 1.38. The number of rotatable bonds is 8. The number of carbonyl (C=O) groups excluding carboxylic acids is 2. The second-order valence-corrected chi connectivity index (χ2v) is 6.83. The second kappa shape index (κ2) is 10.1. The average Bonchev–Trinajstić information content (AvgIpc) is 2.72. The SMILES string of the molecule is O=C(CCC(=O)c1ccc(F)cc1)OCC1CN(Cc2ccccc2)CCO1. The summed E-state index contributed by atoms with van der Waals surface area (Å²) < 4.78 is 23.9. The zero-order valence-corrected chi connectivity index (χ0v) is 15.7. The summed E-state index contributed by atoms with van der Waals surface area (Å²) >= 11 is 0. The van der Waals surface area contributed by atoms with E-state index in [9.17, 15) is 14.0 Å². The fourth-order valence-corrected chi connectivity index (χ4v) is 3.12. The third-order valence-electron chi connectivity index (χ3n) is 4.62. The van der Waals surface area contributed by atoms with Crippen molar-refractivity contribution in [3.05, 3.63) is 71.5 Å². The van der Waals surface area contributed by atoms with Gasteiger partial charge in [0.2, 0.25) is 0 Å². The number of nitrogens with zero attached hydrogens (tertiary/aromatic N) is 1. The Morgan fingerprint density at radius 1 is 1.07 bits per heavy atom. The highest BCUT2D eigenvalue weighted by molar-refractivity contribution is 5.97. The van der Waals surface area contributed by atoms with Crippen LogP contribution >= 0.6 is 0 Å². The molecule has 0 spiro atoms. The summed E-state index contributed by atoms with van der Waals surface area (Å²) in [4.78, 5) is 26.2. The van der Waals surface area contributed by atoms with Gasteiger partial charge in [-0.3, -0.25) is 14.5 Å². The number of esters is 1. The number of ether oxygens (including phenoxy) is 2. The number of benzene rings is 2. The number of hydrogen-bond acceptors (Lipinski definition) is 5. The second-order valence-electron chi connectivity index (χ2n) is 6.83. The van der Waals surface area contributed by atoms with Gasteiger partial charge in [-0.2, -0.15) is 0 Å². The van der Waals surface area contributed by atoms with Gasteiger partial charge in [0.25, 0.3) is 0 Å². The topological polar surface area (TPSA) is 55.8 Å². The zero-order chi connectivity index (χ0) is 19.8. The first-order chi connectivity index (χ1) is 13.6. The lowest BCUT2D eigenvalue weighted by molar-refractivity contribution is -0.150. The van der Waals surface area contributed by atoms with E-state index in [0.29, 0.717) is 18.7 Å². The van der Waals surface area contributed by atoms with E-state index in [1.807, 2.05) is 18.2 Å². The van der Waals surface area contributed by atoms with Gasteiger partial charge in [0, 0.05) is 31.6 Å². The Bertz CT molecular complexity index is 779. The summed E-state index contributed by atoms with van der Waals surface area (Å²) in [5, 5.41) is 0. The van der Waals surface area contributed by atoms with Gasteiger partial charge in [-0.25, -0.2) is 4.39 Å². The third kappa shape index (κ3) is 6.25. The fourth-order valence-electron chi connectivity index (χ4n) is 3.12. The largest absolute Gasteiger partial charge is 0.463 e. The first kappa shape index (κ1) is 20.2. The maximum Gasteiger partial charge on any atom is 0.306 e. The molecule has 1 atom stereocenters. The molecule has 0 radical (unpaired) electrons. The van der Waals surface area contributed by atoms with Crippen molar-refractivity contribution in [2.75, 3.05) is 26.3 Å².